The molecule has 1 aliphatic heterocycles. The molecular weight excluding hydrogens is 470 g/mol. The van der Waals surface area contributed by atoms with Gasteiger partial charge < -0.3 is 9.30 Å². The van der Waals surface area contributed by atoms with Crippen LogP contribution in [0.2, 0.25) is 0 Å². The molecule has 6 nitrogen and oxygen atoms in total. The molecule has 0 N–H and O–H groups in total. The van der Waals surface area contributed by atoms with Crippen molar-refractivity contribution in [1.29, 1.82) is 0 Å². The van der Waals surface area contributed by atoms with E-state index in [2.05, 4.69) is 31.9 Å². The van der Waals surface area contributed by atoms with E-state index in [9.17, 15) is 9.59 Å². The average Bonchev–Trinajstić information content (AvgIpc) is 3.28. The third-order valence-electron chi connectivity index (χ3n) is 5.65. The lowest BCUT2D eigenvalue weighted by atomic mass is 10.0. The zero-order valence-electron chi connectivity index (χ0n) is 18.1. The number of carbonyl (C=O) groups is 1. The van der Waals surface area contributed by atoms with Crippen LogP contribution in [0.5, 0.6) is 5.75 Å². The van der Waals surface area contributed by atoms with Crippen molar-refractivity contribution >= 4 is 21.7 Å². The van der Waals surface area contributed by atoms with Gasteiger partial charge in [-0.2, -0.15) is 0 Å². The van der Waals surface area contributed by atoms with Crippen LogP contribution in [-0.4, -0.2) is 33.3 Å². The number of halogens is 1. The summed E-state index contributed by atoms with van der Waals surface area (Å²) in [6.45, 7) is 5.42. The topological polar surface area (TPSA) is 64.4 Å². The number of nitrogens with zero attached hydrogens (tertiary/aromatic N) is 3. The molecule has 0 aliphatic carbocycles. The van der Waals surface area contributed by atoms with Crippen LogP contribution in [-0.2, 0) is 19.7 Å². The first-order valence-electron chi connectivity index (χ1n) is 10.8. The standard InChI is InChI=1S/C25H26BrN3O3/c1-18-12-19(15-28-9-2-3-10-28)4-7-23(18)24(30)16-29-11-8-22(13-25(29)31)32-17-21-6-5-20(26)14-27-21/h4-8,11-14H,2-3,9-10,15-17H2,1H3. The zero-order valence-corrected chi connectivity index (χ0v) is 19.7. The molecule has 1 aliphatic rings. The average molecular weight is 496 g/mol. The van der Waals surface area contributed by atoms with E-state index >= 15 is 0 Å². The molecule has 0 atom stereocenters. The number of carbonyl (C=O) groups excluding carboxylic acids is 1. The van der Waals surface area contributed by atoms with Crippen LogP contribution in [0.3, 0.4) is 0 Å². The highest BCUT2D eigenvalue weighted by molar-refractivity contribution is 9.10. The lowest BCUT2D eigenvalue weighted by Gasteiger charge is -2.16. The van der Waals surface area contributed by atoms with Gasteiger partial charge in [-0.05, 0) is 78.1 Å². The smallest absolute Gasteiger partial charge is 0.254 e. The molecule has 0 bridgehead atoms. The van der Waals surface area contributed by atoms with E-state index in [0.717, 1.165) is 35.4 Å². The van der Waals surface area contributed by atoms with Crippen molar-refractivity contribution in [2.24, 2.45) is 0 Å². The third-order valence-corrected chi connectivity index (χ3v) is 6.12. The second-order valence-electron chi connectivity index (χ2n) is 8.14. The van der Waals surface area contributed by atoms with Crippen molar-refractivity contribution in [1.82, 2.24) is 14.5 Å². The summed E-state index contributed by atoms with van der Waals surface area (Å²) in [6, 6.07) is 12.8. The van der Waals surface area contributed by atoms with Crippen molar-refractivity contribution < 1.29 is 9.53 Å². The molecule has 166 valence electrons. The van der Waals surface area contributed by atoms with Gasteiger partial charge >= 0.3 is 0 Å². The second-order valence-corrected chi connectivity index (χ2v) is 9.06. The number of pyridine rings is 2. The van der Waals surface area contributed by atoms with Crippen molar-refractivity contribution in [3.05, 3.63) is 92.1 Å². The number of Topliss-reactive ketones (excluding diaryl/α,β-unsaturated/α-hetero) is 1. The van der Waals surface area contributed by atoms with Crippen molar-refractivity contribution in [3.8, 4) is 5.75 Å². The lowest BCUT2D eigenvalue weighted by molar-refractivity contribution is 0.0970. The summed E-state index contributed by atoms with van der Waals surface area (Å²) in [4.78, 5) is 32.0. The van der Waals surface area contributed by atoms with Gasteiger partial charge in [-0.15, -0.1) is 0 Å². The molecule has 0 spiro atoms. The predicted octanol–water partition coefficient (Wildman–Crippen LogP) is 4.37. The molecule has 1 aromatic carbocycles. The Labute approximate surface area is 196 Å². The fourth-order valence-electron chi connectivity index (χ4n) is 3.93. The number of rotatable bonds is 8. The highest BCUT2D eigenvalue weighted by Gasteiger charge is 2.15. The molecule has 32 heavy (non-hydrogen) atoms. The maximum Gasteiger partial charge on any atom is 0.254 e. The number of hydrogen-bond acceptors (Lipinski definition) is 5. The Balaban J connectivity index is 1.38. The molecular formula is C25H26BrN3O3. The predicted molar refractivity (Wildman–Crippen MR) is 127 cm³/mol. The maximum atomic E-state index is 12.9. The quantitative estimate of drug-likeness (QED) is 0.434. The monoisotopic (exact) mass is 495 g/mol. The summed E-state index contributed by atoms with van der Waals surface area (Å²) in [5, 5.41) is 0. The number of aryl methyl sites for hydroxylation is 1. The maximum absolute atomic E-state index is 12.9. The second kappa shape index (κ2) is 10.2. The van der Waals surface area contributed by atoms with E-state index in [4.69, 9.17) is 4.74 Å². The van der Waals surface area contributed by atoms with Crippen LogP contribution in [0.25, 0.3) is 0 Å². The van der Waals surface area contributed by atoms with Crippen molar-refractivity contribution in [3.63, 3.8) is 0 Å². The minimum absolute atomic E-state index is 0.000305. The van der Waals surface area contributed by atoms with Crippen LogP contribution in [0, 0.1) is 6.92 Å². The fraction of sp³-hybridized carbons (Fsp3) is 0.320. The minimum atomic E-state index is -0.275. The summed E-state index contributed by atoms with van der Waals surface area (Å²) in [5.41, 5.74) is 3.31. The van der Waals surface area contributed by atoms with E-state index in [1.165, 1.54) is 29.0 Å². The number of likely N-dealkylation sites (tertiary alicyclic amines) is 1. The Morgan fingerprint density at radius 3 is 2.62 bits per heavy atom. The fourth-order valence-corrected chi connectivity index (χ4v) is 4.17. The Morgan fingerprint density at radius 1 is 1.12 bits per heavy atom. The molecule has 0 saturated carbocycles. The Morgan fingerprint density at radius 2 is 1.94 bits per heavy atom. The molecule has 1 fully saturated rings. The molecule has 3 aromatic rings. The number of benzene rings is 1. The molecule has 0 amide bonds. The number of ketones is 1. The first kappa shape index (κ1) is 22.4. The molecule has 0 unspecified atom stereocenters. The molecule has 1 saturated heterocycles. The van der Waals surface area contributed by atoms with E-state index in [0.29, 0.717) is 11.3 Å². The van der Waals surface area contributed by atoms with Crippen LogP contribution in [0.4, 0.5) is 0 Å². The van der Waals surface area contributed by atoms with Gasteiger partial charge in [-0.1, -0.05) is 18.2 Å². The summed E-state index contributed by atoms with van der Waals surface area (Å²) in [5.74, 6) is 0.371. The van der Waals surface area contributed by atoms with Gasteiger partial charge in [0.25, 0.3) is 5.56 Å². The van der Waals surface area contributed by atoms with Crippen molar-refractivity contribution in [2.45, 2.75) is 39.5 Å². The number of ether oxygens (including phenoxy) is 1. The SMILES string of the molecule is Cc1cc(CN2CCCC2)ccc1C(=O)Cn1ccc(OCc2ccc(Br)cn2)cc1=O. The highest BCUT2D eigenvalue weighted by atomic mass is 79.9. The normalized spacial score (nSPS) is 13.9. The highest BCUT2D eigenvalue weighted by Crippen LogP contribution is 2.17. The number of hydrogen-bond donors (Lipinski definition) is 0. The van der Waals surface area contributed by atoms with Gasteiger partial charge in [0.15, 0.2) is 5.78 Å². The van der Waals surface area contributed by atoms with Crippen LogP contribution in [0.1, 0.15) is 40.0 Å². The Bertz CT molecular complexity index is 1150. The molecule has 2 aromatic heterocycles. The Hall–Kier alpha value is -2.77. The van der Waals surface area contributed by atoms with Crippen LogP contribution < -0.4 is 10.3 Å². The van der Waals surface area contributed by atoms with Crippen LogP contribution in [0.15, 0.2) is 64.1 Å². The molecule has 0 radical (unpaired) electrons. The number of aromatic nitrogens is 2. The van der Waals surface area contributed by atoms with Gasteiger partial charge in [0.1, 0.15) is 12.4 Å². The van der Waals surface area contributed by atoms with Crippen molar-refractivity contribution in [2.75, 3.05) is 13.1 Å². The summed E-state index contributed by atoms with van der Waals surface area (Å²) < 4.78 is 7.97. The lowest BCUT2D eigenvalue weighted by Crippen LogP contribution is -2.23. The van der Waals surface area contributed by atoms with Gasteiger partial charge in [-0.25, -0.2) is 0 Å². The zero-order chi connectivity index (χ0) is 22.5. The molecule has 4 rings (SSSR count). The van der Waals surface area contributed by atoms with Gasteiger partial charge in [0.05, 0.1) is 12.2 Å². The first-order chi connectivity index (χ1) is 15.5. The van der Waals surface area contributed by atoms with Crippen LogP contribution >= 0.6 is 15.9 Å². The van der Waals surface area contributed by atoms with Gasteiger partial charge in [0, 0.05) is 35.0 Å². The third kappa shape index (κ3) is 5.72. The van der Waals surface area contributed by atoms with E-state index < -0.39 is 0 Å². The van der Waals surface area contributed by atoms with Gasteiger partial charge in [-0.3, -0.25) is 19.5 Å². The largest absolute Gasteiger partial charge is 0.487 e. The van der Waals surface area contributed by atoms with E-state index in [1.54, 1.807) is 18.5 Å². The van der Waals surface area contributed by atoms with E-state index in [-0.39, 0.29) is 24.5 Å². The summed E-state index contributed by atoms with van der Waals surface area (Å²) >= 11 is 3.34. The van der Waals surface area contributed by atoms with Gasteiger partial charge in [0.2, 0.25) is 0 Å². The van der Waals surface area contributed by atoms with E-state index in [1.807, 2.05) is 31.2 Å². The summed E-state index contributed by atoms with van der Waals surface area (Å²) in [7, 11) is 0. The first-order valence-corrected chi connectivity index (χ1v) is 11.6. The minimum Gasteiger partial charge on any atom is -0.487 e. The summed E-state index contributed by atoms with van der Waals surface area (Å²) in [6.07, 6.45) is 5.81. The Kier molecular flexibility index (Phi) is 7.17. The molecule has 7 heteroatoms. The molecule has 3 heterocycles.